The second-order valence-electron chi connectivity index (χ2n) is 3.51. The molecule has 0 unspecified atom stereocenters. The van der Waals surface area contributed by atoms with Crippen LogP contribution in [0.25, 0.3) is 0 Å². The third-order valence-corrected chi connectivity index (χ3v) is 2.77. The Labute approximate surface area is 96.4 Å². The lowest BCUT2D eigenvalue weighted by Crippen LogP contribution is -2.66. The number of rotatable bonds is 0. The molecule has 3 N–H and O–H groups in total. The van der Waals surface area contributed by atoms with E-state index in [4.69, 9.17) is 0 Å². The number of carbonyl (C=O) groups is 1. The molecule has 0 bridgehead atoms. The predicted molar refractivity (Wildman–Crippen MR) is 60.3 cm³/mol. The van der Waals surface area contributed by atoms with E-state index in [9.17, 15) is 4.79 Å². The summed E-state index contributed by atoms with van der Waals surface area (Å²) >= 11 is 0. The summed E-state index contributed by atoms with van der Waals surface area (Å²) in [7, 11) is 0. The summed E-state index contributed by atoms with van der Waals surface area (Å²) in [5, 5.41) is 9.50. The van der Waals surface area contributed by atoms with Gasteiger partial charge in [-0.2, -0.15) is 0 Å². The van der Waals surface area contributed by atoms with Gasteiger partial charge in [0.1, 0.15) is 5.54 Å². The summed E-state index contributed by atoms with van der Waals surface area (Å²) in [6.07, 6.45) is 1.83. The first-order valence-electron chi connectivity index (χ1n) is 4.58. The summed E-state index contributed by atoms with van der Waals surface area (Å²) in [6.45, 7) is 3.57. The average molecular weight is 242 g/mol. The van der Waals surface area contributed by atoms with E-state index in [2.05, 4.69) is 16.0 Å². The quantitative estimate of drug-likeness (QED) is 0.545. The van der Waals surface area contributed by atoms with Crippen LogP contribution < -0.4 is 16.0 Å². The van der Waals surface area contributed by atoms with Gasteiger partial charge in [-0.05, 0) is 25.9 Å². The summed E-state index contributed by atoms with van der Waals surface area (Å²) in [4.78, 5) is 11.6. The second kappa shape index (κ2) is 5.75. The van der Waals surface area contributed by atoms with E-state index in [0.717, 1.165) is 39.0 Å². The van der Waals surface area contributed by atoms with E-state index in [1.54, 1.807) is 0 Å². The van der Waals surface area contributed by atoms with Crippen LogP contribution >= 0.6 is 24.8 Å². The van der Waals surface area contributed by atoms with Gasteiger partial charge < -0.3 is 16.0 Å². The van der Waals surface area contributed by atoms with Crippen LogP contribution in [0.1, 0.15) is 12.8 Å². The van der Waals surface area contributed by atoms with Crippen molar-refractivity contribution in [2.24, 2.45) is 0 Å². The number of amides is 1. The van der Waals surface area contributed by atoms with Crippen molar-refractivity contribution in [3.05, 3.63) is 0 Å². The normalized spacial score (nSPS) is 24.4. The molecule has 2 saturated heterocycles. The molecule has 2 rings (SSSR count). The largest absolute Gasteiger partial charge is 0.353 e. The zero-order valence-electron chi connectivity index (χ0n) is 7.97. The van der Waals surface area contributed by atoms with Crippen LogP contribution in [0.5, 0.6) is 0 Å². The fourth-order valence-electron chi connectivity index (χ4n) is 1.98. The number of nitrogens with one attached hydrogen (secondary N) is 3. The van der Waals surface area contributed by atoms with Gasteiger partial charge in [-0.25, -0.2) is 0 Å². The minimum Gasteiger partial charge on any atom is -0.353 e. The van der Waals surface area contributed by atoms with Gasteiger partial charge in [0.2, 0.25) is 5.91 Å². The number of hydrogen-bond acceptors (Lipinski definition) is 3. The Morgan fingerprint density at radius 3 is 2.21 bits per heavy atom. The molecule has 0 aliphatic carbocycles. The molecule has 0 saturated carbocycles. The van der Waals surface area contributed by atoms with Gasteiger partial charge in [0.15, 0.2) is 0 Å². The lowest BCUT2D eigenvalue weighted by molar-refractivity contribution is -0.130. The monoisotopic (exact) mass is 241 g/mol. The fraction of sp³-hybridized carbons (Fsp3) is 0.875. The molecular formula is C8H17Cl2N3O. The zero-order valence-corrected chi connectivity index (χ0v) is 9.60. The Morgan fingerprint density at radius 1 is 1.00 bits per heavy atom. The van der Waals surface area contributed by atoms with Crippen LogP contribution in [0.4, 0.5) is 0 Å². The van der Waals surface area contributed by atoms with Crippen molar-refractivity contribution < 1.29 is 4.79 Å². The molecular weight excluding hydrogens is 225 g/mol. The summed E-state index contributed by atoms with van der Waals surface area (Å²) in [5.41, 5.74) is -0.247. The Balaban J connectivity index is 0.000000845. The van der Waals surface area contributed by atoms with Crippen molar-refractivity contribution in [1.29, 1.82) is 0 Å². The van der Waals surface area contributed by atoms with Crippen LogP contribution in [0.3, 0.4) is 0 Å². The van der Waals surface area contributed by atoms with Crippen molar-refractivity contribution in [2.45, 2.75) is 18.4 Å². The molecule has 2 fully saturated rings. The molecule has 14 heavy (non-hydrogen) atoms. The zero-order chi connectivity index (χ0) is 8.44. The molecule has 0 radical (unpaired) electrons. The van der Waals surface area contributed by atoms with Gasteiger partial charge in [0, 0.05) is 13.1 Å². The molecule has 0 aromatic rings. The first kappa shape index (κ1) is 14.0. The third kappa shape index (κ3) is 2.51. The van der Waals surface area contributed by atoms with Crippen molar-refractivity contribution in [3.63, 3.8) is 0 Å². The second-order valence-corrected chi connectivity index (χ2v) is 3.51. The van der Waals surface area contributed by atoms with Crippen LogP contribution in [-0.2, 0) is 4.79 Å². The average Bonchev–Trinajstić information content (AvgIpc) is 2.12. The van der Waals surface area contributed by atoms with Crippen molar-refractivity contribution in [2.75, 3.05) is 26.2 Å². The van der Waals surface area contributed by atoms with E-state index in [-0.39, 0.29) is 36.3 Å². The minimum atomic E-state index is -0.247. The topological polar surface area (TPSA) is 53.2 Å². The van der Waals surface area contributed by atoms with Crippen molar-refractivity contribution >= 4 is 30.7 Å². The van der Waals surface area contributed by atoms with Gasteiger partial charge in [-0.3, -0.25) is 4.79 Å². The van der Waals surface area contributed by atoms with Crippen LogP contribution in [-0.4, -0.2) is 37.6 Å². The van der Waals surface area contributed by atoms with Crippen LogP contribution in [0, 0.1) is 0 Å². The van der Waals surface area contributed by atoms with Crippen molar-refractivity contribution in [3.8, 4) is 0 Å². The number of piperazine rings is 1. The number of piperidine rings is 1. The molecule has 2 aliphatic heterocycles. The molecule has 1 amide bonds. The molecule has 0 atom stereocenters. The molecule has 0 aromatic carbocycles. The lowest BCUT2D eigenvalue weighted by atomic mass is 9.86. The van der Waals surface area contributed by atoms with E-state index < -0.39 is 0 Å². The van der Waals surface area contributed by atoms with E-state index in [1.807, 2.05) is 0 Å². The first-order chi connectivity index (χ1) is 5.83. The van der Waals surface area contributed by atoms with Gasteiger partial charge in [-0.1, -0.05) is 0 Å². The van der Waals surface area contributed by atoms with E-state index in [0.29, 0.717) is 0 Å². The molecule has 84 valence electrons. The number of halogens is 2. The number of carbonyl (C=O) groups excluding carboxylic acids is 1. The standard InChI is InChI=1S/C8H15N3O.2ClH/c12-7-8(11-6-5-10-7)1-3-9-4-2-8;;/h9,11H,1-6H2,(H,10,12);2*1H. The SMILES string of the molecule is Cl.Cl.O=C1NCCNC12CCNCC2. The summed E-state index contributed by atoms with van der Waals surface area (Å²) in [5.74, 6) is 0.190. The minimum absolute atomic E-state index is 0. The van der Waals surface area contributed by atoms with Gasteiger partial charge in [-0.15, -0.1) is 24.8 Å². The number of hydrogen-bond donors (Lipinski definition) is 3. The third-order valence-electron chi connectivity index (χ3n) is 2.77. The molecule has 2 heterocycles. The van der Waals surface area contributed by atoms with Gasteiger partial charge in [0.05, 0.1) is 0 Å². The molecule has 4 nitrogen and oxygen atoms in total. The smallest absolute Gasteiger partial charge is 0.240 e. The highest BCUT2D eigenvalue weighted by Gasteiger charge is 2.40. The highest BCUT2D eigenvalue weighted by molar-refractivity contribution is 5.87. The first-order valence-corrected chi connectivity index (χ1v) is 4.58. The fourth-order valence-corrected chi connectivity index (χ4v) is 1.98. The Kier molecular flexibility index (Phi) is 5.74. The van der Waals surface area contributed by atoms with Crippen molar-refractivity contribution in [1.82, 2.24) is 16.0 Å². The van der Waals surface area contributed by atoms with E-state index >= 15 is 0 Å². The van der Waals surface area contributed by atoms with Crippen LogP contribution in [0.15, 0.2) is 0 Å². The van der Waals surface area contributed by atoms with Gasteiger partial charge in [0.25, 0.3) is 0 Å². The Hall–Kier alpha value is -0.0300. The summed E-state index contributed by atoms with van der Waals surface area (Å²) < 4.78 is 0. The Bertz CT molecular complexity index is 187. The predicted octanol–water partition coefficient (Wildman–Crippen LogP) is -0.328. The lowest BCUT2D eigenvalue weighted by Gasteiger charge is -2.40. The highest BCUT2D eigenvalue weighted by Crippen LogP contribution is 2.19. The molecule has 1 spiro atoms. The molecule has 6 heteroatoms. The maximum absolute atomic E-state index is 11.6. The maximum Gasteiger partial charge on any atom is 0.240 e. The Morgan fingerprint density at radius 2 is 1.64 bits per heavy atom. The molecule has 2 aliphatic rings. The molecule has 0 aromatic heterocycles. The highest BCUT2D eigenvalue weighted by atomic mass is 35.5. The maximum atomic E-state index is 11.6. The van der Waals surface area contributed by atoms with E-state index in [1.165, 1.54) is 0 Å². The van der Waals surface area contributed by atoms with Crippen LogP contribution in [0.2, 0.25) is 0 Å². The van der Waals surface area contributed by atoms with Gasteiger partial charge >= 0.3 is 0 Å². The summed E-state index contributed by atoms with van der Waals surface area (Å²) in [6, 6.07) is 0.